The molecule has 0 saturated heterocycles. The second kappa shape index (κ2) is 5.03. The van der Waals surface area contributed by atoms with Gasteiger partial charge in [-0.2, -0.15) is 5.10 Å². The summed E-state index contributed by atoms with van der Waals surface area (Å²) in [5, 5.41) is 7.10. The molecule has 1 aromatic carbocycles. The van der Waals surface area contributed by atoms with Gasteiger partial charge in [0, 0.05) is 24.3 Å². The van der Waals surface area contributed by atoms with Crippen LogP contribution in [-0.2, 0) is 16.6 Å². The summed E-state index contributed by atoms with van der Waals surface area (Å²) in [6, 6.07) is 9.47. The molecule has 0 aliphatic rings. The van der Waals surface area contributed by atoms with Crippen molar-refractivity contribution in [2.45, 2.75) is 11.4 Å². The van der Waals surface area contributed by atoms with E-state index in [1.807, 2.05) is 30.3 Å². The molecule has 102 valence electrons. The van der Waals surface area contributed by atoms with Crippen LogP contribution in [0.4, 0.5) is 0 Å². The number of hydrogen-bond donors (Lipinski definition) is 2. The molecule has 0 spiro atoms. The summed E-state index contributed by atoms with van der Waals surface area (Å²) < 4.78 is 26.6. The first kappa shape index (κ1) is 12.8. The maximum atomic E-state index is 12.0. The van der Waals surface area contributed by atoms with E-state index >= 15 is 0 Å². The zero-order valence-corrected chi connectivity index (χ0v) is 11.3. The number of pyridine rings is 1. The minimum absolute atomic E-state index is 0.116. The molecule has 0 aliphatic heterocycles. The molecule has 0 bridgehead atoms. The van der Waals surface area contributed by atoms with Crippen molar-refractivity contribution in [2.75, 3.05) is 0 Å². The first-order valence-corrected chi connectivity index (χ1v) is 7.46. The number of sulfonamides is 1. The molecule has 0 saturated carbocycles. The lowest BCUT2D eigenvalue weighted by atomic mass is 10.1. The molecule has 3 aromatic rings. The maximum absolute atomic E-state index is 12.0. The summed E-state index contributed by atoms with van der Waals surface area (Å²) in [6.45, 7) is 0.182. The number of benzene rings is 1. The number of fused-ring (bicyclic) bond motifs is 1. The van der Waals surface area contributed by atoms with E-state index in [1.165, 1.54) is 12.4 Å². The predicted octanol–water partition coefficient (Wildman–Crippen LogP) is 1.44. The van der Waals surface area contributed by atoms with Crippen molar-refractivity contribution in [3.8, 4) is 0 Å². The number of para-hydroxylation sites is 1. The second-order valence-electron chi connectivity index (χ2n) is 4.25. The highest BCUT2D eigenvalue weighted by atomic mass is 32.2. The van der Waals surface area contributed by atoms with Crippen molar-refractivity contribution >= 4 is 20.9 Å². The maximum Gasteiger partial charge on any atom is 0.243 e. The number of aromatic amines is 1. The Balaban J connectivity index is 1.88. The van der Waals surface area contributed by atoms with E-state index in [1.54, 1.807) is 6.20 Å². The van der Waals surface area contributed by atoms with Gasteiger partial charge in [-0.15, -0.1) is 0 Å². The van der Waals surface area contributed by atoms with Crippen molar-refractivity contribution < 1.29 is 8.42 Å². The van der Waals surface area contributed by atoms with Gasteiger partial charge >= 0.3 is 0 Å². The van der Waals surface area contributed by atoms with Crippen molar-refractivity contribution in [3.05, 3.63) is 54.5 Å². The smallest absolute Gasteiger partial charge is 0.243 e. The number of nitrogens with zero attached hydrogens (tertiary/aromatic N) is 2. The predicted molar refractivity (Wildman–Crippen MR) is 74.4 cm³/mol. The van der Waals surface area contributed by atoms with Gasteiger partial charge in [-0.1, -0.05) is 24.3 Å². The molecule has 0 fully saturated rings. The first-order chi connectivity index (χ1) is 9.67. The lowest BCUT2D eigenvalue weighted by Crippen LogP contribution is -2.23. The second-order valence-corrected chi connectivity index (χ2v) is 6.02. The van der Waals surface area contributed by atoms with Gasteiger partial charge in [0.2, 0.25) is 10.0 Å². The number of hydrogen-bond acceptors (Lipinski definition) is 4. The number of nitrogens with one attached hydrogen (secondary N) is 2. The molecule has 20 heavy (non-hydrogen) atoms. The SMILES string of the molecule is O=S(=O)(NCc1cccc2cccnc12)c1cn[nH]c1. The fourth-order valence-corrected chi connectivity index (χ4v) is 2.86. The van der Waals surface area contributed by atoms with Gasteiger partial charge in [0.25, 0.3) is 0 Å². The van der Waals surface area contributed by atoms with E-state index in [0.717, 1.165) is 16.5 Å². The van der Waals surface area contributed by atoms with Gasteiger partial charge in [0.1, 0.15) is 4.90 Å². The minimum atomic E-state index is -3.56. The highest BCUT2D eigenvalue weighted by molar-refractivity contribution is 7.89. The lowest BCUT2D eigenvalue weighted by Gasteiger charge is -2.07. The van der Waals surface area contributed by atoms with Gasteiger partial charge in [-0.05, 0) is 11.6 Å². The largest absolute Gasteiger partial charge is 0.284 e. The summed E-state index contributed by atoms with van der Waals surface area (Å²) >= 11 is 0. The number of rotatable bonds is 4. The van der Waals surface area contributed by atoms with Gasteiger partial charge in [-0.25, -0.2) is 13.1 Å². The Bertz CT molecular complexity index is 823. The Hall–Kier alpha value is -2.25. The Morgan fingerprint density at radius 1 is 1.20 bits per heavy atom. The van der Waals surface area contributed by atoms with Crippen molar-refractivity contribution in [2.24, 2.45) is 0 Å². The van der Waals surface area contributed by atoms with E-state index in [-0.39, 0.29) is 11.4 Å². The monoisotopic (exact) mass is 288 g/mol. The highest BCUT2D eigenvalue weighted by Gasteiger charge is 2.15. The molecule has 3 rings (SSSR count). The van der Waals surface area contributed by atoms with Gasteiger partial charge in [-0.3, -0.25) is 10.1 Å². The average molecular weight is 288 g/mol. The summed E-state index contributed by atoms with van der Waals surface area (Å²) in [7, 11) is -3.56. The van der Waals surface area contributed by atoms with Crippen LogP contribution >= 0.6 is 0 Å². The molecule has 0 amide bonds. The van der Waals surface area contributed by atoms with Crippen LogP contribution in [0.15, 0.2) is 53.8 Å². The van der Waals surface area contributed by atoms with Crippen LogP contribution in [0.2, 0.25) is 0 Å². The number of aromatic nitrogens is 3. The Morgan fingerprint density at radius 2 is 2.05 bits per heavy atom. The zero-order chi connectivity index (χ0) is 14.0. The van der Waals surface area contributed by atoms with Crippen LogP contribution in [-0.4, -0.2) is 23.6 Å². The van der Waals surface area contributed by atoms with E-state index in [4.69, 9.17) is 0 Å². The van der Waals surface area contributed by atoms with Crippen LogP contribution in [0.1, 0.15) is 5.56 Å². The molecule has 6 nitrogen and oxygen atoms in total. The fraction of sp³-hybridized carbons (Fsp3) is 0.0769. The quantitative estimate of drug-likeness (QED) is 0.760. The van der Waals surface area contributed by atoms with E-state index in [0.29, 0.717) is 0 Å². The zero-order valence-electron chi connectivity index (χ0n) is 10.4. The van der Waals surface area contributed by atoms with Crippen LogP contribution in [0, 0.1) is 0 Å². The standard InChI is InChI=1S/C13H12N4O2S/c18-20(19,12-8-15-16-9-12)17-7-11-4-1-3-10-5-2-6-14-13(10)11/h1-6,8-9,17H,7H2,(H,15,16). The normalized spacial score (nSPS) is 11.8. The minimum Gasteiger partial charge on any atom is -0.284 e. The molecule has 2 aromatic heterocycles. The molecule has 0 atom stereocenters. The van der Waals surface area contributed by atoms with Crippen LogP contribution in [0.5, 0.6) is 0 Å². The molecule has 2 heterocycles. The summed E-state index contributed by atoms with van der Waals surface area (Å²) in [5.74, 6) is 0. The highest BCUT2D eigenvalue weighted by Crippen LogP contribution is 2.16. The Morgan fingerprint density at radius 3 is 2.85 bits per heavy atom. The third-order valence-electron chi connectivity index (χ3n) is 2.95. The summed E-state index contributed by atoms with van der Waals surface area (Å²) in [6.07, 6.45) is 4.30. The molecule has 0 radical (unpaired) electrons. The van der Waals surface area contributed by atoms with Gasteiger partial charge < -0.3 is 0 Å². The summed E-state index contributed by atoms with van der Waals surface area (Å²) in [5.41, 5.74) is 1.63. The first-order valence-electron chi connectivity index (χ1n) is 5.98. The van der Waals surface area contributed by atoms with E-state index < -0.39 is 10.0 Å². The molecule has 0 aliphatic carbocycles. The van der Waals surface area contributed by atoms with Gasteiger partial charge in [0.05, 0.1) is 11.7 Å². The third kappa shape index (κ3) is 2.40. The van der Waals surface area contributed by atoms with Crippen molar-refractivity contribution in [3.63, 3.8) is 0 Å². The Kier molecular flexibility index (Phi) is 3.21. The van der Waals surface area contributed by atoms with Crippen LogP contribution < -0.4 is 4.72 Å². The number of H-pyrrole nitrogens is 1. The molecular weight excluding hydrogens is 276 g/mol. The third-order valence-corrected chi connectivity index (χ3v) is 4.32. The summed E-state index contributed by atoms with van der Waals surface area (Å²) in [4.78, 5) is 4.41. The van der Waals surface area contributed by atoms with Crippen molar-refractivity contribution in [1.82, 2.24) is 19.9 Å². The molecular formula is C13H12N4O2S. The molecule has 2 N–H and O–H groups in total. The van der Waals surface area contributed by atoms with Crippen LogP contribution in [0.25, 0.3) is 10.9 Å². The average Bonchev–Trinajstić information content (AvgIpc) is 3.00. The Labute approximate surface area is 115 Å². The molecule has 7 heteroatoms. The topological polar surface area (TPSA) is 87.7 Å². The van der Waals surface area contributed by atoms with Gasteiger partial charge in [0.15, 0.2) is 0 Å². The van der Waals surface area contributed by atoms with E-state index in [9.17, 15) is 8.42 Å². The van der Waals surface area contributed by atoms with Crippen molar-refractivity contribution in [1.29, 1.82) is 0 Å². The molecule has 0 unspecified atom stereocenters. The lowest BCUT2D eigenvalue weighted by molar-refractivity contribution is 0.581. The fourth-order valence-electron chi connectivity index (χ4n) is 1.95. The van der Waals surface area contributed by atoms with Crippen LogP contribution in [0.3, 0.4) is 0 Å². The van der Waals surface area contributed by atoms with E-state index in [2.05, 4.69) is 19.9 Å².